The van der Waals surface area contributed by atoms with E-state index in [4.69, 9.17) is 5.11 Å². The van der Waals surface area contributed by atoms with E-state index in [1.807, 2.05) is 37.3 Å². The molecule has 0 aliphatic carbocycles. The molecule has 0 heterocycles. The Morgan fingerprint density at radius 2 is 1.89 bits per heavy atom. The molecule has 0 saturated heterocycles. The molecule has 0 aliphatic heterocycles. The van der Waals surface area contributed by atoms with Crippen molar-refractivity contribution in [3.8, 4) is 0 Å². The molecule has 1 amide bonds. The number of carbonyl (C=O) groups is 2. The summed E-state index contributed by atoms with van der Waals surface area (Å²) in [5, 5.41) is 8.86. The average molecular weight is 249 g/mol. The van der Waals surface area contributed by atoms with Gasteiger partial charge in [-0.25, -0.2) is 0 Å². The van der Waals surface area contributed by atoms with Crippen LogP contribution in [0.25, 0.3) is 0 Å². The fraction of sp³-hybridized carbons (Fsp3) is 0.429. The zero-order chi connectivity index (χ0) is 13.5. The van der Waals surface area contributed by atoms with Gasteiger partial charge in [0.2, 0.25) is 5.91 Å². The Morgan fingerprint density at radius 1 is 1.28 bits per heavy atom. The van der Waals surface area contributed by atoms with Crippen LogP contribution in [0.1, 0.15) is 19.4 Å². The fourth-order valence-corrected chi connectivity index (χ4v) is 1.70. The summed E-state index contributed by atoms with van der Waals surface area (Å²) >= 11 is 0. The molecule has 1 aromatic rings. The molecule has 0 spiro atoms. The SMILES string of the molecule is CCN(CC(C)C(=O)O)C(=O)Cc1ccccc1. The number of benzene rings is 1. The van der Waals surface area contributed by atoms with Crippen molar-refractivity contribution in [3.63, 3.8) is 0 Å². The van der Waals surface area contributed by atoms with Crippen molar-refractivity contribution in [1.29, 1.82) is 0 Å². The number of nitrogens with zero attached hydrogens (tertiary/aromatic N) is 1. The van der Waals surface area contributed by atoms with Gasteiger partial charge in [0.25, 0.3) is 0 Å². The zero-order valence-corrected chi connectivity index (χ0v) is 10.8. The third-order valence-corrected chi connectivity index (χ3v) is 2.85. The van der Waals surface area contributed by atoms with Gasteiger partial charge in [-0.05, 0) is 12.5 Å². The maximum absolute atomic E-state index is 12.0. The Bertz CT molecular complexity index is 403. The molecule has 1 atom stereocenters. The Kier molecular flexibility index (Phi) is 5.36. The van der Waals surface area contributed by atoms with Crippen molar-refractivity contribution in [1.82, 2.24) is 4.90 Å². The summed E-state index contributed by atoms with van der Waals surface area (Å²) in [6, 6.07) is 9.47. The van der Waals surface area contributed by atoms with Crippen molar-refractivity contribution in [2.45, 2.75) is 20.3 Å². The van der Waals surface area contributed by atoms with E-state index in [9.17, 15) is 9.59 Å². The van der Waals surface area contributed by atoms with Gasteiger partial charge in [-0.1, -0.05) is 37.3 Å². The van der Waals surface area contributed by atoms with E-state index in [2.05, 4.69) is 0 Å². The summed E-state index contributed by atoms with van der Waals surface area (Å²) < 4.78 is 0. The Hall–Kier alpha value is -1.84. The van der Waals surface area contributed by atoms with Crippen molar-refractivity contribution >= 4 is 11.9 Å². The standard InChI is InChI=1S/C14H19NO3/c1-3-15(10-11(2)14(17)18)13(16)9-12-7-5-4-6-8-12/h4-8,11H,3,9-10H2,1-2H3,(H,17,18). The number of aliphatic carboxylic acids is 1. The normalized spacial score (nSPS) is 11.9. The molecular weight excluding hydrogens is 230 g/mol. The Labute approximate surface area is 107 Å². The van der Waals surface area contributed by atoms with Crippen LogP contribution in [-0.2, 0) is 16.0 Å². The van der Waals surface area contributed by atoms with Gasteiger partial charge >= 0.3 is 5.97 Å². The van der Waals surface area contributed by atoms with Gasteiger partial charge in [0.15, 0.2) is 0 Å². The third-order valence-electron chi connectivity index (χ3n) is 2.85. The van der Waals surface area contributed by atoms with Crippen LogP contribution in [0.5, 0.6) is 0 Å². The highest BCUT2D eigenvalue weighted by Crippen LogP contribution is 2.06. The molecule has 0 aliphatic rings. The molecular formula is C14H19NO3. The summed E-state index contributed by atoms with van der Waals surface area (Å²) in [6.45, 7) is 4.26. The van der Waals surface area contributed by atoms with Gasteiger partial charge in [0, 0.05) is 13.1 Å². The predicted molar refractivity (Wildman–Crippen MR) is 69.2 cm³/mol. The van der Waals surface area contributed by atoms with Crippen molar-refractivity contribution < 1.29 is 14.7 Å². The molecule has 0 aromatic heterocycles. The van der Waals surface area contributed by atoms with Crippen LogP contribution in [0.3, 0.4) is 0 Å². The fourth-order valence-electron chi connectivity index (χ4n) is 1.70. The number of amides is 1. The summed E-state index contributed by atoms with van der Waals surface area (Å²) in [5.41, 5.74) is 0.948. The molecule has 4 nitrogen and oxygen atoms in total. The summed E-state index contributed by atoms with van der Waals surface area (Å²) in [5.74, 6) is -1.44. The monoisotopic (exact) mass is 249 g/mol. The molecule has 1 rings (SSSR count). The topological polar surface area (TPSA) is 57.6 Å². The molecule has 0 saturated carbocycles. The second kappa shape index (κ2) is 6.79. The maximum Gasteiger partial charge on any atom is 0.308 e. The highest BCUT2D eigenvalue weighted by Gasteiger charge is 2.19. The zero-order valence-electron chi connectivity index (χ0n) is 10.8. The van der Waals surface area contributed by atoms with E-state index in [-0.39, 0.29) is 12.5 Å². The largest absolute Gasteiger partial charge is 0.481 e. The van der Waals surface area contributed by atoms with Gasteiger partial charge in [-0.2, -0.15) is 0 Å². The minimum absolute atomic E-state index is 0.0307. The van der Waals surface area contributed by atoms with Crippen LogP contribution < -0.4 is 0 Å². The number of hydrogen-bond donors (Lipinski definition) is 1. The van der Waals surface area contributed by atoms with E-state index >= 15 is 0 Å². The predicted octanol–water partition coefficient (Wildman–Crippen LogP) is 1.80. The van der Waals surface area contributed by atoms with Gasteiger partial charge in [0.1, 0.15) is 0 Å². The van der Waals surface area contributed by atoms with E-state index in [0.29, 0.717) is 13.0 Å². The first-order valence-electron chi connectivity index (χ1n) is 6.09. The summed E-state index contributed by atoms with van der Waals surface area (Å²) in [7, 11) is 0. The number of carboxylic acid groups (broad SMARTS) is 1. The molecule has 0 bridgehead atoms. The molecule has 4 heteroatoms. The average Bonchev–Trinajstić information content (AvgIpc) is 2.36. The van der Waals surface area contributed by atoms with Crippen LogP contribution in [0.4, 0.5) is 0 Å². The lowest BCUT2D eigenvalue weighted by atomic mass is 10.1. The maximum atomic E-state index is 12.0. The van der Waals surface area contributed by atoms with Crippen LogP contribution in [-0.4, -0.2) is 35.0 Å². The van der Waals surface area contributed by atoms with Crippen molar-refractivity contribution in [2.75, 3.05) is 13.1 Å². The molecule has 18 heavy (non-hydrogen) atoms. The molecule has 1 aromatic carbocycles. The number of rotatable bonds is 6. The van der Waals surface area contributed by atoms with Crippen LogP contribution in [0.2, 0.25) is 0 Å². The van der Waals surface area contributed by atoms with E-state index in [1.54, 1.807) is 11.8 Å². The Balaban J connectivity index is 2.60. The first-order chi connectivity index (χ1) is 8.54. The van der Waals surface area contributed by atoms with E-state index < -0.39 is 11.9 Å². The lowest BCUT2D eigenvalue weighted by Crippen LogP contribution is -2.37. The smallest absolute Gasteiger partial charge is 0.308 e. The summed E-state index contributed by atoms with van der Waals surface area (Å²) in [6.07, 6.45) is 0.320. The summed E-state index contributed by atoms with van der Waals surface area (Å²) in [4.78, 5) is 24.4. The second-order valence-electron chi connectivity index (χ2n) is 4.33. The number of carboxylic acids is 1. The highest BCUT2D eigenvalue weighted by molar-refractivity contribution is 5.79. The van der Waals surface area contributed by atoms with E-state index in [1.165, 1.54) is 0 Å². The number of hydrogen-bond acceptors (Lipinski definition) is 2. The van der Waals surface area contributed by atoms with Crippen molar-refractivity contribution in [3.05, 3.63) is 35.9 Å². The van der Waals surface area contributed by atoms with Crippen LogP contribution in [0.15, 0.2) is 30.3 Å². The van der Waals surface area contributed by atoms with Crippen LogP contribution >= 0.6 is 0 Å². The van der Waals surface area contributed by atoms with Crippen molar-refractivity contribution in [2.24, 2.45) is 5.92 Å². The second-order valence-corrected chi connectivity index (χ2v) is 4.33. The quantitative estimate of drug-likeness (QED) is 0.836. The molecule has 1 N–H and O–H groups in total. The van der Waals surface area contributed by atoms with E-state index in [0.717, 1.165) is 5.56 Å². The third kappa shape index (κ3) is 4.20. The lowest BCUT2D eigenvalue weighted by Gasteiger charge is -2.23. The number of likely N-dealkylation sites (N-methyl/N-ethyl adjacent to an activating group) is 1. The highest BCUT2D eigenvalue weighted by atomic mass is 16.4. The number of carbonyl (C=O) groups excluding carboxylic acids is 1. The minimum atomic E-state index is -0.874. The molecule has 0 radical (unpaired) electrons. The minimum Gasteiger partial charge on any atom is -0.481 e. The first kappa shape index (κ1) is 14.2. The van der Waals surface area contributed by atoms with Crippen LogP contribution in [0, 0.1) is 5.92 Å². The first-order valence-corrected chi connectivity index (χ1v) is 6.09. The molecule has 0 fully saturated rings. The lowest BCUT2D eigenvalue weighted by molar-refractivity contribution is -0.142. The molecule has 98 valence electrons. The molecule has 1 unspecified atom stereocenters. The van der Waals surface area contributed by atoms with Gasteiger partial charge in [-0.15, -0.1) is 0 Å². The van der Waals surface area contributed by atoms with Gasteiger partial charge in [-0.3, -0.25) is 9.59 Å². The Morgan fingerprint density at radius 3 is 2.39 bits per heavy atom. The van der Waals surface area contributed by atoms with Gasteiger partial charge in [0.05, 0.1) is 12.3 Å². The van der Waals surface area contributed by atoms with Gasteiger partial charge < -0.3 is 10.0 Å².